The number of para-hydroxylation sites is 1. The molecule has 1 amide bonds. The maximum Gasteiger partial charge on any atom is 0.258 e. The lowest BCUT2D eigenvalue weighted by molar-refractivity contribution is 0.0707. The summed E-state index contributed by atoms with van der Waals surface area (Å²) in [5.74, 6) is 0.796. The number of fused-ring (bicyclic) bond motifs is 1. The molecule has 0 radical (unpaired) electrons. The fourth-order valence-corrected chi connectivity index (χ4v) is 3.59. The molecular weight excluding hydrogens is 360 g/mol. The van der Waals surface area contributed by atoms with Crippen LogP contribution in [0.25, 0.3) is 0 Å². The lowest BCUT2D eigenvalue weighted by Gasteiger charge is -2.37. The first-order valence-electron chi connectivity index (χ1n) is 9.80. The van der Waals surface area contributed by atoms with Gasteiger partial charge in [0, 0.05) is 18.7 Å². The molecule has 1 unspecified atom stereocenters. The molecule has 1 aliphatic heterocycles. The first-order valence-corrected chi connectivity index (χ1v) is 9.80. The van der Waals surface area contributed by atoms with E-state index in [9.17, 15) is 4.79 Å². The van der Waals surface area contributed by atoms with Gasteiger partial charge in [0.05, 0.1) is 12.2 Å². The van der Waals surface area contributed by atoms with Gasteiger partial charge < -0.3 is 15.0 Å². The third kappa shape index (κ3) is 4.16. The Bertz CT molecular complexity index is 1000. The van der Waals surface area contributed by atoms with E-state index < -0.39 is 0 Å². The highest BCUT2D eigenvalue weighted by Gasteiger charge is 2.32. The number of nitrogens with one attached hydrogen (secondary N) is 1. The van der Waals surface area contributed by atoms with Crippen molar-refractivity contribution in [1.82, 2.24) is 4.90 Å². The second kappa shape index (κ2) is 8.65. The maximum atomic E-state index is 13.0. The highest BCUT2D eigenvalue weighted by molar-refractivity contribution is 6.01. The van der Waals surface area contributed by atoms with Crippen LogP contribution >= 0.6 is 0 Å². The van der Waals surface area contributed by atoms with Crippen molar-refractivity contribution in [1.29, 1.82) is 0 Å². The Kier molecular flexibility index (Phi) is 5.61. The number of nitrogens with zero attached hydrogens (tertiary/aromatic N) is 1. The highest BCUT2D eigenvalue weighted by atomic mass is 16.5. The molecule has 29 heavy (non-hydrogen) atoms. The van der Waals surface area contributed by atoms with E-state index in [0.29, 0.717) is 18.7 Å². The molecule has 3 aromatic rings. The number of rotatable bonds is 7. The molecule has 4 rings (SSSR count). The summed E-state index contributed by atoms with van der Waals surface area (Å²) in [6.45, 7) is 4.88. The molecule has 0 spiro atoms. The minimum absolute atomic E-state index is 0.000325. The highest BCUT2D eigenvalue weighted by Crippen LogP contribution is 2.34. The fraction of sp³-hybridized carbons (Fsp3) is 0.160. The summed E-state index contributed by atoms with van der Waals surface area (Å²) >= 11 is 0. The van der Waals surface area contributed by atoms with Crippen LogP contribution in [-0.2, 0) is 6.42 Å². The van der Waals surface area contributed by atoms with E-state index in [4.69, 9.17) is 4.74 Å². The summed E-state index contributed by atoms with van der Waals surface area (Å²) < 4.78 is 5.98. The molecule has 0 fully saturated rings. The van der Waals surface area contributed by atoms with Crippen molar-refractivity contribution in [2.45, 2.75) is 12.6 Å². The zero-order valence-electron chi connectivity index (χ0n) is 16.3. The zero-order valence-corrected chi connectivity index (χ0v) is 16.3. The van der Waals surface area contributed by atoms with Gasteiger partial charge in [-0.15, -0.1) is 6.58 Å². The fourth-order valence-electron chi connectivity index (χ4n) is 3.59. The number of benzene rings is 3. The van der Waals surface area contributed by atoms with Gasteiger partial charge in [0.1, 0.15) is 11.9 Å². The average molecular weight is 384 g/mol. The van der Waals surface area contributed by atoms with Crippen LogP contribution in [0.15, 0.2) is 91.5 Å². The van der Waals surface area contributed by atoms with E-state index in [0.717, 1.165) is 23.4 Å². The molecule has 0 aliphatic carbocycles. The molecule has 1 aliphatic rings. The summed E-state index contributed by atoms with van der Waals surface area (Å²) in [7, 11) is 0. The number of amides is 1. The van der Waals surface area contributed by atoms with Crippen LogP contribution in [0.2, 0.25) is 0 Å². The number of hydrogen-bond donors (Lipinski definition) is 1. The summed E-state index contributed by atoms with van der Waals surface area (Å²) in [4.78, 5) is 14.8. The minimum Gasteiger partial charge on any atom is -0.493 e. The molecule has 0 saturated carbocycles. The van der Waals surface area contributed by atoms with Crippen LogP contribution in [0.5, 0.6) is 5.75 Å². The third-order valence-corrected chi connectivity index (χ3v) is 5.02. The van der Waals surface area contributed by atoms with Crippen molar-refractivity contribution < 1.29 is 9.53 Å². The molecule has 3 aromatic carbocycles. The van der Waals surface area contributed by atoms with Crippen molar-refractivity contribution in [2.75, 3.05) is 18.5 Å². The molecular formula is C25H24N2O2. The predicted molar refractivity (Wildman–Crippen MR) is 116 cm³/mol. The Hall–Kier alpha value is -3.53. The number of anilines is 1. The predicted octanol–water partition coefficient (Wildman–Crippen LogP) is 5.06. The lowest BCUT2D eigenvalue weighted by Crippen LogP contribution is -2.42. The van der Waals surface area contributed by atoms with Gasteiger partial charge in [-0.05, 0) is 35.4 Å². The number of ether oxygens (including phenoxy) is 1. The Balaban J connectivity index is 1.53. The maximum absolute atomic E-state index is 13.0. The van der Waals surface area contributed by atoms with Crippen molar-refractivity contribution in [2.24, 2.45) is 0 Å². The second-order valence-corrected chi connectivity index (χ2v) is 7.00. The normalized spacial score (nSPS) is 15.4. The van der Waals surface area contributed by atoms with E-state index in [2.05, 4.69) is 24.0 Å². The number of carbonyl (C=O) groups is 1. The quantitative estimate of drug-likeness (QED) is 0.579. The van der Waals surface area contributed by atoms with Crippen LogP contribution < -0.4 is 10.1 Å². The third-order valence-electron chi connectivity index (χ3n) is 5.02. The Morgan fingerprint density at radius 3 is 2.62 bits per heavy atom. The SMILES string of the molecule is C=CCN1C(=O)c2ccccc2NC1c1cccc(OCCc2ccccc2)c1. The first kappa shape index (κ1) is 18.8. The van der Waals surface area contributed by atoms with Gasteiger partial charge in [-0.2, -0.15) is 0 Å². The Labute approximate surface area is 171 Å². The van der Waals surface area contributed by atoms with Gasteiger partial charge in [0.2, 0.25) is 0 Å². The molecule has 1 N–H and O–H groups in total. The molecule has 4 nitrogen and oxygen atoms in total. The van der Waals surface area contributed by atoms with Crippen molar-refractivity contribution in [3.8, 4) is 5.75 Å². The van der Waals surface area contributed by atoms with E-state index in [-0.39, 0.29) is 12.1 Å². The summed E-state index contributed by atoms with van der Waals surface area (Å²) in [6, 6.07) is 25.8. The van der Waals surface area contributed by atoms with Gasteiger partial charge in [0.25, 0.3) is 5.91 Å². The summed E-state index contributed by atoms with van der Waals surface area (Å²) in [5.41, 5.74) is 3.75. The van der Waals surface area contributed by atoms with Crippen LogP contribution in [0.1, 0.15) is 27.7 Å². The minimum atomic E-state index is -0.270. The smallest absolute Gasteiger partial charge is 0.258 e. The number of hydrogen-bond acceptors (Lipinski definition) is 3. The molecule has 0 aromatic heterocycles. The second-order valence-electron chi connectivity index (χ2n) is 7.00. The Morgan fingerprint density at radius 1 is 1.00 bits per heavy atom. The van der Waals surface area contributed by atoms with Crippen LogP contribution in [0.4, 0.5) is 5.69 Å². The van der Waals surface area contributed by atoms with Gasteiger partial charge in [-0.25, -0.2) is 0 Å². The summed E-state index contributed by atoms with van der Waals surface area (Å²) in [6.07, 6.45) is 2.33. The van der Waals surface area contributed by atoms with E-state index in [1.807, 2.05) is 66.7 Å². The van der Waals surface area contributed by atoms with Crippen LogP contribution in [0.3, 0.4) is 0 Å². The topological polar surface area (TPSA) is 41.6 Å². The van der Waals surface area contributed by atoms with Crippen LogP contribution in [0, 0.1) is 0 Å². The number of carbonyl (C=O) groups excluding carboxylic acids is 1. The van der Waals surface area contributed by atoms with Crippen LogP contribution in [-0.4, -0.2) is 24.0 Å². The molecule has 146 valence electrons. The molecule has 4 heteroatoms. The monoisotopic (exact) mass is 384 g/mol. The lowest BCUT2D eigenvalue weighted by atomic mass is 10.0. The van der Waals surface area contributed by atoms with E-state index in [1.54, 1.807) is 11.0 Å². The first-order chi connectivity index (χ1) is 14.3. The Morgan fingerprint density at radius 2 is 1.79 bits per heavy atom. The van der Waals surface area contributed by atoms with E-state index >= 15 is 0 Å². The summed E-state index contributed by atoms with van der Waals surface area (Å²) in [5, 5.41) is 3.49. The van der Waals surface area contributed by atoms with Crippen molar-refractivity contribution >= 4 is 11.6 Å². The molecule has 1 heterocycles. The molecule has 1 atom stereocenters. The van der Waals surface area contributed by atoms with E-state index in [1.165, 1.54) is 5.56 Å². The van der Waals surface area contributed by atoms with Gasteiger partial charge in [-0.3, -0.25) is 4.79 Å². The average Bonchev–Trinajstić information content (AvgIpc) is 2.77. The standard InChI is InChI=1S/C25H24N2O2/c1-2-16-27-24(26-23-14-7-6-13-22(23)25(27)28)20-11-8-12-21(18-20)29-17-15-19-9-4-3-5-10-19/h2-14,18,24,26H,1,15-17H2. The molecule has 0 saturated heterocycles. The van der Waals surface area contributed by atoms with Crippen molar-refractivity contribution in [3.63, 3.8) is 0 Å². The molecule has 0 bridgehead atoms. The zero-order chi connectivity index (χ0) is 20.1. The largest absolute Gasteiger partial charge is 0.493 e. The van der Waals surface area contributed by atoms with Gasteiger partial charge in [-0.1, -0.05) is 60.7 Å². The van der Waals surface area contributed by atoms with Gasteiger partial charge in [0.15, 0.2) is 0 Å². The van der Waals surface area contributed by atoms with Crippen molar-refractivity contribution in [3.05, 3.63) is 108 Å². The van der Waals surface area contributed by atoms with Gasteiger partial charge >= 0.3 is 0 Å².